The van der Waals surface area contributed by atoms with E-state index in [4.69, 9.17) is 31.8 Å². The second kappa shape index (κ2) is 13.4. The first-order valence-corrected chi connectivity index (χ1v) is 9.60. The maximum atomic E-state index is 11.4. The van der Waals surface area contributed by atoms with Gasteiger partial charge in [0.05, 0.1) is 19.1 Å². The number of hydrogen-bond acceptors (Lipinski definition) is 6. The lowest BCUT2D eigenvalue weighted by molar-refractivity contribution is -0.143. The van der Waals surface area contributed by atoms with Gasteiger partial charge in [0.1, 0.15) is 24.0 Å². The number of carbonyl (C=O) groups is 2. The molecular formula is C22H29N5O4. The molecular weight excluding hydrogens is 398 g/mol. The molecule has 2 aromatic carbocycles. The lowest BCUT2D eigenvalue weighted by atomic mass is 10.1. The molecule has 1 amide bonds. The van der Waals surface area contributed by atoms with Crippen LogP contribution in [0.2, 0.25) is 0 Å². The van der Waals surface area contributed by atoms with E-state index in [0.717, 1.165) is 5.56 Å². The number of amidine groups is 2. The Bertz CT molecular complexity index is 884. The topological polar surface area (TPSA) is 164 Å². The molecule has 31 heavy (non-hydrogen) atoms. The maximum Gasteiger partial charge on any atom is 0.307 e. The van der Waals surface area contributed by atoms with Gasteiger partial charge in [0.2, 0.25) is 6.41 Å². The van der Waals surface area contributed by atoms with Gasteiger partial charge < -0.3 is 26.3 Å². The van der Waals surface area contributed by atoms with E-state index in [2.05, 4.69) is 5.32 Å². The number of nitrogens with one attached hydrogen (secondary N) is 3. The Hall–Kier alpha value is -3.88. The van der Waals surface area contributed by atoms with Crippen LogP contribution < -0.4 is 21.5 Å². The molecule has 0 saturated heterocycles. The molecule has 0 aromatic heterocycles. The van der Waals surface area contributed by atoms with E-state index in [0.29, 0.717) is 17.7 Å². The van der Waals surface area contributed by atoms with Crippen molar-refractivity contribution in [2.24, 2.45) is 11.5 Å². The highest BCUT2D eigenvalue weighted by Crippen LogP contribution is 2.13. The van der Waals surface area contributed by atoms with Crippen LogP contribution in [0, 0.1) is 17.7 Å². The highest BCUT2D eigenvalue weighted by atomic mass is 16.5. The van der Waals surface area contributed by atoms with Crippen LogP contribution in [0.3, 0.4) is 0 Å². The molecule has 1 atom stereocenters. The molecule has 2 rings (SSSR count). The van der Waals surface area contributed by atoms with Crippen LogP contribution in [-0.4, -0.2) is 43.3 Å². The molecule has 7 N–H and O–H groups in total. The Morgan fingerprint density at radius 3 is 2.29 bits per heavy atom. The first-order valence-electron chi connectivity index (χ1n) is 9.60. The summed E-state index contributed by atoms with van der Waals surface area (Å²) in [5.41, 5.74) is 13.1. The van der Waals surface area contributed by atoms with Crippen LogP contribution in [-0.2, 0) is 14.3 Å². The zero-order chi connectivity index (χ0) is 23.2. The zero-order valence-electron chi connectivity index (χ0n) is 17.7. The summed E-state index contributed by atoms with van der Waals surface area (Å²) in [6.45, 7) is 4.11. The first kappa shape index (κ1) is 25.2. The molecule has 0 aliphatic carbocycles. The average molecular weight is 428 g/mol. The van der Waals surface area contributed by atoms with Gasteiger partial charge in [-0.3, -0.25) is 20.4 Å². The van der Waals surface area contributed by atoms with Gasteiger partial charge in [-0.1, -0.05) is 42.0 Å². The molecule has 0 fully saturated rings. The van der Waals surface area contributed by atoms with Crippen LogP contribution in [0.5, 0.6) is 5.75 Å². The fourth-order valence-corrected chi connectivity index (χ4v) is 2.37. The average Bonchev–Trinajstić information content (AvgIpc) is 2.73. The van der Waals surface area contributed by atoms with Gasteiger partial charge in [0, 0.05) is 11.1 Å². The molecule has 0 spiro atoms. The largest absolute Gasteiger partial charge is 0.491 e. The SMILES string of the molecule is CCOC(=O)C[C@H](COc1cccc(C(=N)N)c1)NC=O.Cc1ccc(C(=N)N)cc1. The van der Waals surface area contributed by atoms with E-state index in [1.165, 1.54) is 5.56 Å². The van der Waals surface area contributed by atoms with E-state index < -0.39 is 12.0 Å². The van der Waals surface area contributed by atoms with E-state index in [1.54, 1.807) is 31.2 Å². The quantitative estimate of drug-likeness (QED) is 0.168. The number of ether oxygens (including phenoxy) is 2. The molecule has 9 heteroatoms. The van der Waals surface area contributed by atoms with Crippen molar-refractivity contribution in [2.75, 3.05) is 13.2 Å². The van der Waals surface area contributed by atoms with Gasteiger partial charge in [-0.15, -0.1) is 0 Å². The minimum Gasteiger partial charge on any atom is -0.491 e. The molecule has 0 bridgehead atoms. The third-order valence-corrected chi connectivity index (χ3v) is 3.98. The summed E-state index contributed by atoms with van der Waals surface area (Å²) in [5, 5.41) is 16.9. The normalized spacial score (nSPS) is 10.6. The fraction of sp³-hybridized carbons (Fsp3) is 0.273. The lowest BCUT2D eigenvalue weighted by Gasteiger charge is -2.16. The lowest BCUT2D eigenvalue weighted by Crippen LogP contribution is -2.36. The predicted molar refractivity (Wildman–Crippen MR) is 119 cm³/mol. The highest BCUT2D eigenvalue weighted by Gasteiger charge is 2.15. The number of carbonyl (C=O) groups excluding carboxylic acids is 2. The third kappa shape index (κ3) is 9.93. The van der Waals surface area contributed by atoms with Crippen molar-refractivity contribution < 1.29 is 19.1 Å². The Morgan fingerprint density at radius 1 is 1.10 bits per heavy atom. The van der Waals surface area contributed by atoms with Crippen molar-refractivity contribution >= 4 is 24.1 Å². The molecule has 0 unspecified atom stereocenters. The van der Waals surface area contributed by atoms with E-state index in [9.17, 15) is 9.59 Å². The van der Waals surface area contributed by atoms with Crippen molar-refractivity contribution in [3.63, 3.8) is 0 Å². The monoisotopic (exact) mass is 427 g/mol. The van der Waals surface area contributed by atoms with E-state index in [-0.39, 0.29) is 31.3 Å². The second-order valence-corrected chi connectivity index (χ2v) is 6.52. The molecule has 0 radical (unpaired) electrons. The van der Waals surface area contributed by atoms with Crippen LogP contribution in [0.4, 0.5) is 0 Å². The van der Waals surface area contributed by atoms with Gasteiger partial charge in [-0.25, -0.2) is 0 Å². The third-order valence-electron chi connectivity index (χ3n) is 3.98. The summed E-state index contributed by atoms with van der Waals surface area (Å²) < 4.78 is 10.3. The molecule has 0 aliphatic heterocycles. The number of amides is 1. The number of aryl methyl sites for hydroxylation is 1. The van der Waals surface area contributed by atoms with Crippen LogP contribution in [0.15, 0.2) is 48.5 Å². The summed E-state index contributed by atoms with van der Waals surface area (Å²) in [5.74, 6) is 0.164. The number of hydrogen-bond donors (Lipinski definition) is 5. The molecule has 0 heterocycles. The molecule has 166 valence electrons. The van der Waals surface area contributed by atoms with E-state index in [1.807, 2.05) is 31.2 Å². The zero-order valence-corrected chi connectivity index (χ0v) is 17.7. The van der Waals surface area contributed by atoms with Crippen molar-refractivity contribution in [1.82, 2.24) is 5.32 Å². The summed E-state index contributed by atoms with van der Waals surface area (Å²) in [6.07, 6.45) is 0.540. The number of nitrogen functional groups attached to an aromatic ring is 2. The summed E-state index contributed by atoms with van der Waals surface area (Å²) in [4.78, 5) is 22.0. The van der Waals surface area contributed by atoms with Crippen molar-refractivity contribution in [2.45, 2.75) is 26.3 Å². The van der Waals surface area contributed by atoms with E-state index >= 15 is 0 Å². The fourth-order valence-electron chi connectivity index (χ4n) is 2.37. The standard InChI is InChI=1S/C14H19N3O4.C8H10N2/c1-2-20-13(19)7-11(17-9-18)8-21-12-5-3-4-10(6-12)14(15)16;1-6-2-4-7(5-3-6)8(9)10/h3-6,9,11H,2,7-8H2,1H3,(H3,15,16)(H,17,18);2-5H,1H3,(H3,9,10)/t11-;/m1./s1. The molecule has 2 aromatic rings. The van der Waals surface area contributed by atoms with Crippen molar-refractivity contribution in [1.29, 1.82) is 10.8 Å². The van der Waals surface area contributed by atoms with Crippen LogP contribution in [0.1, 0.15) is 30.0 Å². The van der Waals surface area contributed by atoms with Crippen LogP contribution in [0.25, 0.3) is 0 Å². The molecule has 9 nitrogen and oxygen atoms in total. The maximum absolute atomic E-state index is 11.4. The van der Waals surface area contributed by atoms with Crippen molar-refractivity contribution in [3.05, 3.63) is 65.2 Å². The first-order chi connectivity index (χ1) is 14.8. The highest BCUT2D eigenvalue weighted by molar-refractivity contribution is 5.95. The van der Waals surface area contributed by atoms with Gasteiger partial charge in [0.15, 0.2) is 0 Å². The minimum atomic E-state index is -0.484. The number of esters is 1. The number of benzene rings is 2. The van der Waals surface area contributed by atoms with Crippen LogP contribution >= 0.6 is 0 Å². The Balaban J connectivity index is 0.000000399. The molecule has 0 aliphatic rings. The van der Waals surface area contributed by atoms with Gasteiger partial charge in [-0.2, -0.15) is 0 Å². The smallest absolute Gasteiger partial charge is 0.307 e. The predicted octanol–water partition coefficient (Wildman–Crippen LogP) is 1.70. The van der Waals surface area contributed by atoms with Gasteiger partial charge in [0.25, 0.3) is 0 Å². The molecule has 0 saturated carbocycles. The second-order valence-electron chi connectivity index (χ2n) is 6.52. The number of rotatable bonds is 10. The minimum absolute atomic E-state index is 0.0268. The summed E-state index contributed by atoms with van der Waals surface area (Å²) in [6, 6.07) is 13.8. The number of nitrogens with two attached hydrogens (primary N) is 2. The Kier molecular flexibility index (Phi) is 10.8. The summed E-state index contributed by atoms with van der Waals surface area (Å²) in [7, 11) is 0. The van der Waals surface area contributed by atoms with Gasteiger partial charge in [-0.05, 0) is 26.0 Å². The summed E-state index contributed by atoms with van der Waals surface area (Å²) >= 11 is 0. The Morgan fingerprint density at radius 2 is 1.74 bits per heavy atom. The van der Waals surface area contributed by atoms with Gasteiger partial charge >= 0.3 is 5.97 Å². The Labute approximate surface area is 181 Å². The van der Waals surface area contributed by atoms with Crippen molar-refractivity contribution in [3.8, 4) is 5.75 Å².